The number of halogens is 3. The maximum atomic E-state index is 11.6. The summed E-state index contributed by atoms with van der Waals surface area (Å²) in [6.45, 7) is 2.74. The highest BCUT2D eigenvalue weighted by Gasteiger charge is 2.28. The molecule has 0 radical (unpaired) electrons. The number of rotatable bonds is 9. The molecule has 1 aromatic rings. The van der Waals surface area contributed by atoms with Crippen molar-refractivity contribution in [1.82, 2.24) is 5.32 Å². The normalized spacial score (nSPS) is 11.6. The number of nitrogens with one attached hydrogen (secondary N) is 1. The van der Waals surface area contributed by atoms with E-state index in [0.717, 1.165) is 6.42 Å². The standard InChI is InChI=1S/C15H22N2O3S.C2HF3O2/c1-2-20-15(19)13(16)10-21-11-14(18)17-9-8-12-6-4-3-5-7-12;3-2(4,5)1(6)7/h3-7,13H,2,8-11,16H2,1H3,(H,17,18);(H,6,7)/t13-;/m1./s1. The first-order valence-electron chi connectivity index (χ1n) is 8.24. The van der Waals surface area contributed by atoms with Crippen LogP contribution in [0.2, 0.25) is 0 Å². The van der Waals surface area contributed by atoms with Gasteiger partial charge >= 0.3 is 12.1 Å². The fraction of sp³-hybridized carbons (Fsp3) is 0.471. The van der Waals surface area contributed by atoms with Crippen LogP contribution in [0.15, 0.2) is 30.3 Å². The molecule has 7 nitrogen and oxygen atoms in total. The Bertz CT molecular complexity index is 615. The molecule has 1 amide bonds. The molecular formula is C17H23F3N2O5S. The van der Waals surface area contributed by atoms with Crippen molar-refractivity contribution in [2.75, 3.05) is 24.7 Å². The molecule has 0 bridgehead atoms. The van der Waals surface area contributed by atoms with E-state index in [1.165, 1.54) is 17.3 Å². The fourth-order valence-electron chi connectivity index (χ4n) is 1.66. The third kappa shape index (κ3) is 13.0. The molecule has 0 spiro atoms. The molecule has 0 aliphatic carbocycles. The Balaban J connectivity index is 0.000000887. The first-order chi connectivity index (χ1) is 13.1. The fourth-order valence-corrected chi connectivity index (χ4v) is 2.49. The van der Waals surface area contributed by atoms with E-state index in [-0.39, 0.29) is 11.9 Å². The number of benzene rings is 1. The number of alkyl halides is 3. The van der Waals surface area contributed by atoms with Gasteiger partial charge in [0.2, 0.25) is 5.91 Å². The number of quaternary nitrogens is 1. The van der Waals surface area contributed by atoms with Crippen LogP contribution in [0.4, 0.5) is 13.2 Å². The second kappa shape index (κ2) is 13.8. The number of hydrogen-bond acceptors (Lipinski definition) is 6. The zero-order valence-electron chi connectivity index (χ0n) is 15.3. The van der Waals surface area contributed by atoms with Crippen molar-refractivity contribution in [3.63, 3.8) is 0 Å². The van der Waals surface area contributed by atoms with E-state index in [1.54, 1.807) is 6.92 Å². The molecule has 0 aliphatic rings. The van der Waals surface area contributed by atoms with Gasteiger partial charge in [-0.3, -0.25) is 4.79 Å². The number of aliphatic carboxylic acids is 1. The number of amides is 1. The number of carbonyl (C=O) groups is 3. The van der Waals surface area contributed by atoms with Gasteiger partial charge in [-0.1, -0.05) is 30.3 Å². The van der Waals surface area contributed by atoms with Gasteiger partial charge in [0.25, 0.3) is 0 Å². The maximum absolute atomic E-state index is 11.6. The van der Waals surface area contributed by atoms with Crippen molar-refractivity contribution >= 4 is 29.6 Å². The highest BCUT2D eigenvalue weighted by Crippen LogP contribution is 2.11. The van der Waals surface area contributed by atoms with Gasteiger partial charge in [-0.05, 0) is 18.9 Å². The number of ether oxygens (including phenoxy) is 1. The molecule has 0 fully saturated rings. The quantitative estimate of drug-likeness (QED) is 0.518. The van der Waals surface area contributed by atoms with Crippen LogP contribution in [-0.4, -0.2) is 54.7 Å². The predicted octanol–water partition coefficient (Wildman–Crippen LogP) is -0.449. The molecule has 1 aromatic carbocycles. The first-order valence-corrected chi connectivity index (χ1v) is 9.39. The summed E-state index contributed by atoms with van der Waals surface area (Å²) in [6, 6.07) is 9.58. The lowest BCUT2D eigenvalue weighted by Gasteiger charge is -2.08. The Morgan fingerprint density at radius 3 is 2.32 bits per heavy atom. The van der Waals surface area contributed by atoms with E-state index < -0.39 is 18.2 Å². The summed E-state index contributed by atoms with van der Waals surface area (Å²) in [5, 5.41) is 11.6. The zero-order chi connectivity index (χ0) is 21.6. The Kier molecular flexibility index (Phi) is 12.7. The third-order valence-corrected chi connectivity index (χ3v) is 4.09. The minimum Gasteiger partial charge on any atom is -0.542 e. The van der Waals surface area contributed by atoms with Crippen molar-refractivity contribution in [3.8, 4) is 0 Å². The van der Waals surface area contributed by atoms with Crippen molar-refractivity contribution in [2.45, 2.75) is 25.6 Å². The number of carboxylic acid groups (broad SMARTS) is 1. The molecule has 1 atom stereocenters. The highest BCUT2D eigenvalue weighted by molar-refractivity contribution is 8.00. The topological polar surface area (TPSA) is 123 Å². The van der Waals surface area contributed by atoms with Crippen molar-refractivity contribution in [1.29, 1.82) is 0 Å². The average Bonchev–Trinajstić information content (AvgIpc) is 2.62. The molecule has 4 N–H and O–H groups in total. The van der Waals surface area contributed by atoms with Crippen LogP contribution in [0.3, 0.4) is 0 Å². The Morgan fingerprint density at radius 2 is 1.82 bits per heavy atom. The second-order valence-electron chi connectivity index (χ2n) is 5.33. The molecule has 1 rings (SSSR count). The van der Waals surface area contributed by atoms with Gasteiger partial charge < -0.3 is 25.7 Å². The summed E-state index contributed by atoms with van der Waals surface area (Å²) in [7, 11) is 0. The van der Waals surface area contributed by atoms with E-state index in [4.69, 9.17) is 14.6 Å². The van der Waals surface area contributed by atoms with Gasteiger partial charge in [0.15, 0.2) is 6.04 Å². The van der Waals surface area contributed by atoms with Gasteiger partial charge in [0, 0.05) is 6.54 Å². The predicted molar refractivity (Wildman–Crippen MR) is 94.9 cm³/mol. The van der Waals surface area contributed by atoms with Crippen molar-refractivity contribution in [3.05, 3.63) is 35.9 Å². The Morgan fingerprint density at radius 1 is 1.25 bits per heavy atom. The molecule has 0 saturated heterocycles. The second-order valence-corrected chi connectivity index (χ2v) is 6.37. The van der Waals surface area contributed by atoms with E-state index in [1.807, 2.05) is 30.3 Å². The summed E-state index contributed by atoms with van der Waals surface area (Å²) in [6.07, 6.45) is -4.38. The van der Waals surface area contributed by atoms with Crippen LogP contribution in [0.5, 0.6) is 0 Å². The molecule has 158 valence electrons. The average molecular weight is 424 g/mol. The summed E-state index contributed by atoms with van der Waals surface area (Å²) in [4.78, 5) is 31.8. The SMILES string of the molecule is CCOC(=O)[C@H]([NH3+])CSCC(=O)NCCc1ccccc1.O=C([O-])C(F)(F)F. The molecular weight excluding hydrogens is 401 g/mol. The lowest BCUT2D eigenvalue weighted by molar-refractivity contribution is -0.401. The van der Waals surface area contributed by atoms with E-state index in [9.17, 15) is 22.8 Å². The molecule has 0 aliphatic heterocycles. The van der Waals surface area contributed by atoms with Crippen LogP contribution in [0, 0.1) is 0 Å². The van der Waals surface area contributed by atoms with Crippen LogP contribution in [0.1, 0.15) is 12.5 Å². The molecule has 0 saturated carbocycles. The molecule has 11 heteroatoms. The van der Waals surface area contributed by atoms with Gasteiger partial charge in [-0.15, -0.1) is 11.8 Å². The van der Waals surface area contributed by atoms with Crippen molar-refractivity contribution < 1.29 is 43.1 Å². The largest absolute Gasteiger partial charge is 0.542 e. The monoisotopic (exact) mass is 424 g/mol. The summed E-state index contributed by atoms with van der Waals surface area (Å²) in [5.41, 5.74) is 4.93. The smallest absolute Gasteiger partial charge is 0.430 e. The zero-order valence-corrected chi connectivity index (χ0v) is 16.1. The Labute approximate surface area is 164 Å². The van der Waals surface area contributed by atoms with Crippen LogP contribution >= 0.6 is 11.8 Å². The van der Waals surface area contributed by atoms with E-state index in [2.05, 4.69) is 11.1 Å². The molecule has 0 aromatic heterocycles. The van der Waals surface area contributed by atoms with Crippen LogP contribution in [-0.2, 0) is 25.5 Å². The summed E-state index contributed by atoms with van der Waals surface area (Å²) < 4.78 is 36.4. The first kappa shape index (κ1) is 25.7. The summed E-state index contributed by atoms with van der Waals surface area (Å²) in [5.74, 6) is -2.51. The van der Waals surface area contributed by atoms with Gasteiger partial charge in [0.1, 0.15) is 5.97 Å². The minimum atomic E-state index is -5.19. The maximum Gasteiger partial charge on any atom is 0.430 e. The highest BCUT2D eigenvalue weighted by atomic mass is 32.2. The van der Waals surface area contributed by atoms with Gasteiger partial charge in [-0.25, -0.2) is 4.79 Å². The van der Waals surface area contributed by atoms with Gasteiger partial charge in [-0.2, -0.15) is 13.2 Å². The van der Waals surface area contributed by atoms with Crippen LogP contribution < -0.4 is 16.2 Å². The van der Waals surface area contributed by atoms with Gasteiger partial charge in [0.05, 0.1) is 18.1 Å². The molecule has 28 heavy (non-hydrogen) atoms. The lowest BCUT2D eigenvalue weighted by Crippen LogP contribution is -2.66. The molecule has 0 unspecified atom stereocenters. The number of carboxylic acids is 1. The third-order valence-electron chi connectivity index (χ3n) is 2.98. The summed E-state index contributed by atoms with van der Waals surface area (Å²) >= 11 is 1.39. The minimum absolute atomic E-state index is 0.0213. The number of carbonyl (C=O) groups excluding carboxylic acids is 3. The Hall–Kier alpha value is -2.27. The van der Waals surface area contributed by atoms with E-state index in [0.29, 0.717) is 24.7 Å². The van der Waals surface area contributed by atoms with Crippen LogP contribution in [0.25, 0.3) is 0 Å². The number of thioether (sulfide) groups is 1. The van der Waals surface area contributed by atoms with E-state index >= 15 is 0 Å². The number of hydrogen-bond donors (Lipinski definition) is 2. The lowest BCUT2D eigenvalue weighted by atomic mass is 10.1. The number of esters is 1. The molecule has 0 heterocycles. The van der Waals surface area contributed by atoms with Crippen molar-refractivity contribution in [2.24, 2.45) is 0 Å².